The van der Waals surface area contributed by atoms with Crippen LogP contribution < -0.4 is 10.6 Å². The van der Waals surface area contributed by atoms with Crippen molar-refractivity contribution in [1.82, 2.24) is 20.3 Å². The molecule has 0 saturated carbocycles. The standard InChI is InChI=1S/C17H17N5O/c1-12(23)18-8-9-20-17-19-7-6-16(22-17)14-10-13-4-2-3-5-15(13)21-11-14/h2-7,10-11H,8-9H2,1H3,(H,18,23)(H,19,20,22). The third kappa shape index (κ3) is 3.79. The number of pyridine rings is 1. The van der Waals surface area contributed by atoms with Crippen LogP contribution in [0.15, 0.2) is 48.8 Å². The smallest absolute Gasteiger partial charge is 0.223 e. The molecule has 1 amide bonds. The number of rotatable bonds is 5. The number of aromatic nitrogens is 3. The van der Waals surface area contributed by atoms with E-state index in [-0.39, 0.29) is 5.91 Å². The first-order valence-electron chi connectivity index (χ1n) is 7.39. The van der Waals surface area contributed by atoms with Gasteiger partial charge >= 0.3 is 0 Å². The predicted octanol–water partition coefficient (Wildman–Crippen LogP) is 2.24. The Morgan fingerprint density at radius 2 is 2.00 bits per heavy atom. The zero-order valence-electron chi connectivity index (χ0n) is 12.8. The van der Waals surface area contributed by atoms with E-state index in [0.29, 0.717) is 19.0 Å². The van der Waals surface area contributed by atoms with Gasteiger partial charge in [0, 0.05) is 43.4 Å². The maximum absolute atomic E-state index is 10.8. The topological polar surface area (TPSA) is 79.8 Å². The van der Waals surface area contributed by atoms with Gasteiger partial charge in [-0.3, -0.25) is 9.78 Å². The maximum atomic E-state index is 10.8. The number of amides is 1. The molecule has 116 valence electrons. The fraction of sp³-hybridized carbons (Fsp3) is 0.176. The second-order valence-corrected chi connectivity index (χ2v) is 5.09. The number of carbonyl (C=O) groups excluding carboxylic acids is 1. The molecule has 0 aliphatic rings. The molecule has 0 saturated heterocycles. The van der Waals surface area contributed by atoms with E-state index >= 15 is 0 Å². The minimum Gasteiger partial charge on any atom is -0.355 e. The molecule has 0 unspecified atom stereocenters. The van der Waals surface area contributed by atoms with Crippen LogP contribution in [-0.2, 0) is 4.79 Å². The van der Waals surface area contributed by atoms with E-state index < -0.39 is 0 Å². The summed E-state index contributed by atoms with van der Waals surface area (Å²) in [6, 6.07) is 11.9. The molecule has 2 heterocycles. The Morgan fingerprint density at radius 1 is 1.13 bits per heavy atom. The third-order valence-corrected chi connectivity index (χ3v) is 3.32. The normalized spacial score (nSPS) is 10.5. The highest BCUT2D eigenvalue weighted by Gasteiger charge is 2.04. The first-order chi connectivity index (χ1) is 11.2. The summed E-state index contributed by atoms with van der Waals surface area (Å²) in [5, 5.41) is 6.88. The molecule has 1 aromatic carbocycles. The number of anilines is 1. The number of carbonyl (C=O) groups is 1. The molecular weight excluding hydrogens is 290 g/mol. The predicted molar refractivity (Wildman–Crippen MR) is 89.9 cm³/mol. The van der Waals surface area contributed by atoms with Gasteiger partial charge in [-0.05, 0) is 18.2 Å². The van der Waals surface area contributed by atoms with Crippen LogP contribution in [0, 0.1) is 0 Å². The van der Waals surface area contributed by atoms with Crippen LogP contribution >= 0.6 is 0 Å². The minimum absolute atomic E-state index is 0.0521. The quantitative estimate of drug-likeness (QED) is 0.707. The number of nitrogens with zero attached hydrogens (tertiary/aromatic N) is 3. The summed E-state index contributed by atoms with van der Waals surface area (Å²) in [4.78, 5) is 24.0. The van der Waals surface area contributed by atoms with Gasteiger partial charge in [-0.25, -0.2) is 9.97 Å². The first kappa shape index (κ1) is 14.9. The lowest BCUT2D eigenvalue weighted by Crippen LogP contribution is -2.26. The molecule has 3 rings (SSSR count). The van der Waals surface area contributed by atoms with Gasteiger partial charge in [-0.2, -0.15) is 0 Å². The molecule has 23 heavy (non-hydrogen) atoms. The van der Waals surface area contributed by atoms with Crippen LogP contribution in [0.25, 0.3) is 22.2 Å². The van der Waals surface area contributed by atoms with Gasteiger partial charge < -0.3 is 10.6 Å². The monoisotopic (exact) mass is 307 g/mol. The van der Waals surface area contributed by atoms with Crippen molar-refractivity contribution in [1.29, 1.82) is 0 Å². The molecule has 0 fully saturated rings. The molecule has 2 N–H and O–H groups in total. The van der Waals surface area contributed by atoms with E-state index in [4.69, 9.17) is 0 Å². The van der Waals surface area contributed by atoms with Crippen LogP contribution in [0.5, 0.6) is 0 Å². The third-order valence-electron chi connectivity index (χ3n) is 3.32. The molecule has 0 spiro atoms. The van der Waals surface area contributed by atoms with Gasteiger partial charge in [0.2, 0.25) is 11.9 Å². The van der Waals surface area contributed by atoms with Crippen molar-refractivity contribution in [2.45, 2.75) is 6.92 Å². The lowest BCUT2D eigenvalue weighted by Gasteiger charge is -2.07. The fourth-order valence-corrected chi connectivity index (χ4v) is 2.23. The van der Waals surface area contributed by atoms with E-state index in [9.17, 15) is 4.79 Å². The SMILES string of the molecule is CC(=O)NCCNc1nccc(-c2cnc3ccccc3c2)n1. The second kappa shape index (κ2) is 6.83. The molecule has 2 aromatic heterocycles. The van der Waals surface area contributed by atoms with Crippen molar-refractivity contribution < 1.29 is 4.79 Å². The Kier molecular flexibility index (Phi) is 4.42. The highest BCUT2D eigenvalue weighted by molar-refractivity contribution is 5.82. The molecule has 0 aliphatic heterocycles. The fourth-order valence-electron chi connectivity index (χ4n) is 2.23. The Balaban J connectivity index is 1.76. The lowest BCUT2D eigenvalue weighted by atomic mass is 10.1. The van der Waals surface area contributed by atoms with E-state index in [1.807, 2.05) is 36.5 Å². The van der Waals surface area contributed by atoms with Crippen molar-refractivity contribution in [2.24, 2.45) is 0 Å². The Hall–Kier alpha value is -3.02. The highest BCUT2D eigenvalue weighted by atomic mass is 16.1. The second-order valence-electron chi connectivity index (χ2n) is 5.09. The number of hydrogen-bond acceptors (Lipinski definition) is 5. The molecular formula is C17H17N5O. The zero-order chi connectivity index (χ0) is 16.1. The number of benzene rings is 1. The van der Waals surface area contributed by atoms with Gasteiger partial charge in [-0.1, -0.05) is 18.2 Å². The highest BCUT2D eigenvalue weighted by Crippen LogP contribution is 2.21. The molecule has 6 nitrogen and oxygen atoms in total. The van der Waals surface area contributed by atoms with Gasteiger partial charge in [0.1, 0.15) is 0 Å². The number of nitrogens with one attached hydrogen (secondary N) is 2. The summed E-state index contributed by atoms with van der Waals surface area (Å²) in [5.74, 6) is 0.477. The molecule has 0 radical (unpaired) electrons. The summed E-state index contributed by atoms with van der Waals surface area (Å²) in [7, 11) is 0. The van der Waals surface area contributed by atoms with Crippen molar-refractivity contribution >= 4 is 22.8 Å². The molecule has 0 bridgehead atoms. The summed E-state index contributed by atoms with van der Waals surface area (Å²) in [6.45, 7) is 2.59. The number of para-hydroxylation sites is 1. The zero-order valence-corrected chi connectivity index (χ0v) is 12.8. The minimum atomic E-state index is -0.0521. The Bertz CT molecular complexity index is 834. The van der Waals surface area contributed by atoms with E-state index in [0.717, 1.165) is 22.2 Å². The van der Waals surface area contributed by atoms with E-state index in [2.05, 4.69) is 31.7 Å². The van der Waals surface area contributed by atoms with E-state index in [1.165, 1.54) is 6.92 Å². The van der Waals surface area contributed by atoms with Crippen molar-refractivity contribution in [2.75, 3.05) is 18.4 Å². The van der Waals surface area contributed by atoms with Crippen LogP contribution in [0.4, 0.5) is 5.95 Å². The summed E-state index contributed by atoms with van der Waals surface area (Å²) in [6.07, 6.45) is 3.52. The molecule has 0 aliphatic carbocycles. The maximum Gasteiger partial charge on any atom is 0.223 e. The lowest BCUT2D eigenvalue weighted by molar-refractivity contribution is -0.118. The summed E-state index contributed by atoms with van der Waals surface area (Å²) < 4.78 is 0. The van der Waals surface area contributed by atoms with Crippen LogP contribution in [0.1, 0.15) is 6.92 Å². The average molecular weight is 307 g/mol. The Morgan fingerprint density at radius 3 is 2.87 bits per heavy atom. The average Bonchev–Trinajstić information content (AvgIpc) is 2.58. The van der Waals surface area contributed by atoms with Crippen LogP contribution in [0.2, 0.25) is 0 Å². The van der Waals surface area contributed by atoms with Gasteiger partial charge in [0.15, 0.2) is 0 Å². The van der Waals surface area contributed by atoms with Crippen molar-refractivity contribution in [3.8, 4) is 11.3 Å². The van der Waals surface area contributed by atoms with Crippen LogP contribution in [0.3, 0.4) is 0 Å². The molecule has 3 aromatic rings. The number of hydrogen-bond donors (Lipinski definition) is 2. The van der Waals surface area contributed by atoms with Gasteiger partial charge in [0.05, 0.1) is 11.2 Å². The summed E-state index contributed by atoms with van der Waals surface area (Å²) in [5.41, 5.74) is 2.70. The first-order valence-corrected chi connectivity index (χ1v) is 7.39. The van der Waals surface area contributed by atoms with Gasteiger partial charge in [-0.15, -0.1) is 0 Å². The molecule has 6 heteroatoms. The van der Waals surface area contributed by atoms with Crippen molar-refractivity contribution in [3.05, 3.63) is 48.8 Å². The van der Waals surface area contributed by atoms with E-state index in [1.54, 1.807) is 6.20 Å². The van der Waals surface area contributed by atoms with Gasteiger partial charge in [0.25, 0.3) is 0 Å². The Labute approximate surface area is 134 Å². The molecule has 0 atom stereocenters. The largest absolute Gasteiger partial charge is 0.355 e. The number of fused-ring (bicyclic) bond motifs is 1. The summed E-state index contributed by atoms with van der Waals surface area (Å²) >= 11 is 0. The van der Waals surface area contributed by atoms with Crippen molar-refractivity contribution in [3.63, 3.8) is 0 Å². The van der Waals surface area contributed by atoms with Crippen LogP contribution in [-0.4, -0.2) is 33.9 Å².